The highest BCUT2D eigenvalue weighted by Gasteiger charge is 2.31. The first kappa shape index (κ1) is 18.4. The summed E-state index contributed by atoms with van der Waals surface area (Å²) in [6.07, 6.45) is 1.90. The number of hydrogen-bond acceptors (Lipinski definition) is 2. The number of aromatic nitrogens is 1. The van der Waals surface area contributed by atoms with Crippen molar-refractivity contribution in [1.82, 2.24) is 9.88 Å². The van der Waals surface area contributed by atoms with E-state index in [-0.39, 0.29) is 24.2 Å². The summed E-state index contributed by atoms with van der Waals surface area (Å²) < 4.78 is 14.0. The Balaban J connectivity index is 1.61. The molecule has 2 heterocycles. The van der Waals surface area contributed by atoms with Crippen LogP contribution in [0.2, 0.25) is 0 Å². The molecule has 1 aliphatic rings. The van der Waals surface area contributed by atoms with Gasteiger partial charge in [0.25, 0.3) is 0 Å². The van der Waals surface area contributed by atoms with Gasteiger partial charge in [-0.1, -0.05) is 48.5 Å². The Bertz CT molecular complexity index is 987. The van der Waals surface area contributed by atoms with Crippen molar-refractivity contribution < 1.29 is 9.18 Å². The minimum absolute atomic E-state index is 0.0443. The van der Waals surface area contributed by atoms with E-state index in [1.165, 1.54) is 6.07 Å². The molecule has 1 aliphatic heterocycles. The van der Waals surface area contributed by atoms with Gasteiger partial charge < -0.3 is 4.90 Å². The molecule has 2 aromatic carbocycles. The van der Waals surface area contributed by atoms with Gasteiger partial charge in [-0.25, -0.2) is 4.39 Å². The maximum atomic E-state index is 14.0. The topological polar surface area (TPSA) is 33.2 Å². The second kappa shape index (κ2) is 7.93. The predicted octanol–water partition coefficient (Wildman–Crippen LogP) is 5.10. The smallest absolute Gasteiger partial charge is 0.227 e. The molecule has 28 heavy (non-hydrogen) atoms. The summed E-state index contributed by atoms with van der Waals surface area (Å²) in [5.74, 6) is -0.371. The van der Waals surface area contributed by atoms with Gasteiger partial charge >= 0.3 is 0 Å². The molecule has 0 bridgehead atoms. The van der Waals surface area contributed by atoms with Crippen molar-refractivity contribution >= 4 is 5.91 Å². The lowest BCUT2D eigenvalue weighted by Crippen LogP contribution is -2.32. The predicted molar refractivity (Wildman–Crippen MR) is 108 cm³/mol. The number of halogens is 1. The maximum absolute atomic E-state index is 14.0. The molecule has 1 saturated heterocycles. The van der Waals surface area contributed by atoms with Crippen LogP contribution in [0.15, 0.2) is 66.7 Å². The third-order valence-corrected chi connectivity index (χ3v) is 5.29. The van der Waals surface area contributed by atoms with Crippen LogP contribution in [-0.2, 0) is 11.2 Å². The molecule has 3 aromatic rings. The van der Waals surface area contributed by atoms with E-state index >= 15 is 0 Å². The molecule has 1 atom stereocenters. The molecule has 0 spiro atoms. The van der Waals surface area contributed by atoms with E-state index in [1.807, 2.05) is 30.0 Å². The first-order valence-electron chi connectivity index (χ1n) is 9.69. The number of hydrogen-bond donors (Lipinski definition) is 0. The van der Waals surface area contributed by atoms with E-state index in [0.29, 0.717) is 12.1 Å². The summed E-state index contributed by atoms with van der Waals surface area (Å²) in [5.41, 5.74) is 4.54. The molecule has 0 saturated carbocycles. The fourth-order valence-electron chi connectivity index (χ4n) is 3.94. The minimum atomic E-state index is -0.327. The number of likely N-dealkylation sites (tertiary alicyclic amines) is 1. The number of carbonyl (C=O) groups excluding carboxylic acids is 1. The van der Waals surface area contributed by atoms with Crippen molar-refractivity contribution in [3.63, 3.8) is 0 Å². The lowest BCUT2D eigenvalue weighted by molar-refractivity contribution is -0.131. The third kappa shape index (κ3) is 3.81. The Kier molecular flexibility index (Phi) is 5.20. The summed E-state index contributed by atoms with van der Waals surface area (Å²) in [5, 5.41) is 0. The lowest BCUT2D eigenvalue weighted by atomic mass is 10.0. The Morgan fingerprint density at radius 2 is 1.82 bits per heavy atom. The van der Waals surface area contributed by atoms with Gasteiger partial charge in [0.15, 0.2) is 0 Å². The van der Waals surface area contributed by atoms with Crippen LogP contribution in [0, 0.1) is 12.7 Å². The van der Waals surface area contributed by atoms with Gasteiger partial charge in [0.1, 0.15) is 5.82 Å². The van der Waals surface area contributed by atoms with Crippen molar-refractivity contribution in [3.05, 3.63) is 89.5 Å². The van der Waals surface area contributed by atoms with Crippen LogP contribution in [0.25, 0.3) is 11.1 Å². The highest BCUT2D eigenvalue weighted by molar-refractivity contribution is 5.79. The molecule has 142 valence electrons. The monoisotopic (exact) mass is 374 g/mol. The van der Waals surface area contributed by atoms with Crippen LogP contribution in [0.5, 0.6) is 0 Å². The normalized spacial score (nSPS) is 16.4. The lowest BCUT2D eigenvalue weighted by Gasteiger charge is -2.25. The number of rotatable bonds is 4. The zero-order valence-electron chi connectivity index (χ0n) is 15.9. The highest BCUT2D eigenvalue weighted by Crippen LogP contribution is 2.33. The van der Waals surface area contributed by atoms with Crippen molar-refractivity contribution in [2.75, 3.05) is 6.54 Å². The van der Waals surface area contributed by atoms with Gasteiger partial charge in [-0.05, 0) is 54.7 Å². The molecule has 0 N–H and O–H groups in total. The second-order valence-corrected chi connectivity index (χ2v) is 7.30. The second-order valence-electron chi connectivity index (χ2n) is 7.30. The summed E-state index contributed by atoms with van der Waals surface area (Å²) in [6, 6.07) is 20.8. The Labute approximate surface area is 164 Å². The molecule has 1 fully saturated rings. The standard InChI is InChI=1S/C24H23FN2O/c1-17-14-20(18-8-3-2-4-9-18)15-22(26-17)23-12-7-13-27(23)24(28)16-19-10-5-6-11-21(19)25/h2-6,8-11,14-15,23H,7,12-13,16H2,1H3. The highest BCUT2D eigenvalue weighted by atomic mass is 19.1. The fraction of sp³-hybridized carbons (Fsp3) is 0.250. The van der Waals surface area contributed by atoms with Crippen molar-refractivity contribution in [2.24, 2.45) is 0 Å². The molecule has 0 radical (unpaired) electrons. The average molecular weight is 374 g/mol. The first-order chi connectivity index (χ1) is 13.6. The Morgan fingerprint density at radius 1 is 1.07 bits per heavy atom. The molecular formula is C24H23FN2O. The van der Waals surface area contributed by atoms with Gasteiger partial charge in [-0.3, -0.25) is 9.78 Å². The van der Waals surface area contributed by atoms with E-state index in [2.05, 4.69) is 24.3 Å². The zero-order valence-corrected chi connectivity index (χ0v) is 15.9. The Hall–Kier alpha value is -3.01. The zero-order chi connectivity index (χ0) is 19.5. The summed E-state index contributed by atoms with van der Waals surface area (Å²) in [6.45, 7) is 2.67. The molecule has 0 aliphatic carbocycles. The molecular weight excluding hydrogens is 351 g/mol. The van der Waals surface area contributed by atoms with E-state index < -0.39 is 0 Å². The van der Waals surface area contributed by atoms with Crippen molar-refractivity contribution in [1.29, 1.82) is 0 Å². The van der Waals surface area contributed by atoms with Crippen LogP contribution in [0.1, 0.15) is 35.8 Å². The van der Waals surface area contributed by atoms with E-state index in [1.54, 1.807) is 18.2 Å². The van der Waals surface area contributed by atoms with E-state index in [9.17, 15) is 9.18 Å². The Morgan fingerprint density at radius 3 is 2.61 bits per heavy atom. The summed E-state index contributed by atoms with van der Waals surface area (Å²) in [4.78, 5) is 19.5. The van der Waals surface area contributed by atoms with E-state index in [0.717, 1.165) is 35.4 Å². The number of aryl methyl sites for hydroxylation is 1. The van der Waals surface area contributed by atoms with Gasteiger partial charge in [0.2, 0.25) is 5.91 Å². The molecule has 1 aromatic heterocycles. The number of amides is 1. The van der Waals surface area contributed by atoms with Crippen LogP contribution in [-0.4, -0.2) is 22.3 Å². The third-order valence-electron chi connectivity index (χ3n) is 5.29. The van der Waals surface area contributed by atoms with Crippen LogP contribution >= 0.6 is 0 Å². The van der Waals surface area contributed by atoms with Crippen LogP contribution in [0.3, 0.4) is 0 Å². The minimum Gasteiger partial charge on any atom is -0.334 e. The molecule has 1 unspecified atom stereocenters. The average Bonchev–Trinajstić information content (AvgIpc) is 3.20. The largest absolute Gasteiger partial charge is 0.334 e. The SMILES string of the molecule is Cc1cc(-c2ccccc2)cc(C2CCCN2C(=O)Cc2ccccc2F)n1. The summed E-state index contributed by atoms with van der Waals surface area (Å²) in [7, 11) is 0. The van der Waals surface area contributed by atoms with Crippen LogP contribution < -0.4 is 0 Å². The molecule has 4 heteroatoms. The van der Waals surface area contributed by atoms with Gasteiger partial charge in [0.05, 0.1) is 18.2 Å². The van der Waals surface area contributed by atoms with Crippen molar-refractivity contribution in [3.8, 4) is 11.1 Å². The quantitative estimate of drug-likeness (QED) is 0.636. The number of carbonyl (C=O) groups is 1. The fourth-order valence-corrected chi connectivity index (χ4v) is 3.94. The maximum Gasteiger partial charge on any atom is 0.227 e. The molecule has 1 amide bonds. The first-order valence-corrected chi connectivity index (χ1v) is 9.69. The van der Waals surface area contributed by atoms with E-state index in [4.69, 9.17) is 4.98 Å². The van der Waals surface area contributed by atoms with Gasteiger partial charge in [-0.2, -0.15) is 0 Å². The number of nitrogens with zero attached hydrogens (tertiary/aromatic N) is 2. The number of pyridine rings is 1. The van der Waals surface area contributed by atoms with Crippen molar-refractivity contribution in [2.45, 2.75) is 32.2 Å². The molecule has 4 rings (SSSR count). The van der Waals surface area contributed by atoms with Crippen LogP contribution in [0.4, 0.5) is 4.39 Å². The number of benzene rings is 2. The molecule has 3 nitrogen and oxygen atoms in total. The van der Waals surface area contributed by atoms with Gasteiger partial charge in [-0.15, -0.1) is 0 Å². The van der Waals surface area contributed by atoms with Gasteiger partial charge in [0, 0.05) is 12.2 Å². The summed E-state index contributed by atoms with van der Waals surface area (Å²) >= 11 is 0.